The van der Waals surface area contributed by atoms with E-state index in [1.165, 1.54) is 22.3 Å². The largest absolute Gasteiger partial charge is 0.497 e. The monoisotopic (exact) mass is 474 g/mol. The van der Waals surface area contributed by atoms with Crippen LogP contribution in [0.2, 0.25) is 0 Å². The van der Waals surface area contributed by atoms with E-state index in [1.807, 2.05) is 24.4 Å². The first-order valence-electron chi connectivity index (χ1n) is 11.4. The number of hydrogen-bond donors (Lipinski definition) is 3. The number of aromatic amines is 1. The minimum atomic E-state index is -0.283. The lowest BCUT2D eigenvalue weighted by Crippen LogP contribution is -2.32. The lowest BCUT2D eigenvalue weighted by Gasteiger charge is -2.20. The molecule has 2 heterocycles. The standard InChI is InChI=1S/C26H26N4O3S/c1-33-18-11-9-16(10-12-18)24(31)30-26-29-23-20(6-4-8-22(23)34-26)25(32)27-14-13-17-15-28-21-7-3-2-5-19(17)21/h2-3,5,7,9-12,15,20,28H,4,6,8,13-14H2,1H3,(H,27,32)(H,29,30,31). The molecule has 2 amide bonds. The molecule has 1 aliphatic rings. The third-order valence-electron chi connectivity index (χ3n) is 6.21. The third kappa shape index (κ3) is 4.54. The number of ether oxygens (including phenoxy) is 1. The highest BCUT2D eigenvalue weighted by Crippen LogP contribution is 2.37. The van der Waals surface area contributed by atoms with Crippen LogP contribution in [0.5, 0.6) is 5.75 Å². The minimum absolute atomic E-state index is 0.000813. The van der Waals surface area contributed by atoms with Gasteiger partial charge in [0.25, 0.3) is 5.91 Å². The summed E-state index contributed by atoms with van der Waals surface area (Å²) in [6, 6.07) is 15.1. The van der Waals surface area contributed by atoms with E-state index in [0.29, 0.717) is 23.0 Å². The van der Waals surface area contributed by atoms with Crippen molar-refractivity contribution in [3.8, 4) is 5.75 Å². The molecule has 2 aromatic carbocycles. The Hall–Kier alpha value is -3.65. The first-order chi connectivity index (χ1) is 16.6. The van der Waals surface area contributed by atoms with Crippen LogP contribution >= 0.6 is 11.3 Å². The molecule has 8 heteroatoms. The summed E-state index contributed by atoms with van der Waals surface area (Å²) in [5, 5.41) is 7.70. The van der Waals surface area contributed by atoms with Crippen molar-refractivity contribution in [1.82, 2.24) is 15.3 Å². The summed E-state index contributed by atoms with van der Waals surface area (Å²) in [6.45, 7) is 0.567. The first kappa shape index (κ1) is 22.2. The molecule has 1 aliphatic carbocycles. The molecule has 0 aliphatic heterocycles. The van der Waals surface area contributed by atoms with Gasteiger partial charge in [0.1, 0.15) is 5.75 Å². The number of hydrogen-bond acceptors (Lipinski definition) is 5. The minimum Gasteiger partial charge on any atom is -0.497 e. The molecule has 3 N–H and O–H groups in total. The summed E-state index contributed by atoms with van der Waals surface area (Å²) in [5.41, 5.74) is 3.62. The molecule has 4 aromatic rings. The van der Waals surface area contributed by atoms with E-state index < -0.39 is 0 Å². The van der Waals surface area contributed by atoms with Crippen LogP contribution < -0.4 is 15.4 Å². The van der Waals surface area contributed by atoms with Crippen molar-refractivity contribution in [3.63, 3.8) is 0 Å². The average Bonchev–Trinajstić information content (AvgIpc) is 3.47. The van der Waals surface area contributed by atoms with Crippen molar-refractivity contribution in [2.24, 2.45) is 0 Å². The van der Waals surface area contributed by atoms with Gasteiger partial charge in [-0.05, 0) is 61.6 Å². The van der Waals surface area contributed by atoms with Crippen molar-refractivity contribution in [1.29, 1.82) is 0 Å². The number of nitrogens with one attached hydrogen (secondary N) is 3. The molecule has 34 heavy (non-hydrogen) atoms. The van der Waals surface area contributed by atoms with Gasteiger partial charge in [-0.3, -0.25) is 14.9 Å². The number of H-pyrrole nitrogens is 1. The second-order valence-corrected chi connectivity index (χ2v) is 9.44. The van der Waals surface area contributed by atoms with Crippen molar-refractivity contribution >= 4 is 39.2 Å². The van der Waals surface area contributed by atoms with Gasteiger partial charge in [-0.1, -0.05) is 18.2 Å². The highest BCUT2D eigenvalue weighted by molar-refractivity contribution is 7.16. The predicted octanol–water partition coefficient (Wildman–Crippen LogP) is 4.66. The third-order valence-corrected chi connectivity index (χ3v) is 7.26. The number of aromatic nitrogens is 2. The Labute approximate surface area is 201 Å². The number of carbonyl (C=O) groups excluding carboxylic acids is 2. The number of nitrogens with zero attached hydrogens (tertiary/aromatic N) is 1. The second-order valence-electron chi connectivity index (χ2n) is 8.36. The van der Waals surface area contributed by atoms with Gasteiger partial charge >= 0.3 is 0 Å². The first-order valence-corrected chi connectivity index (χ1v) is 12.2. The van der Waals surface area contributed by atoms with Gasteiger partial charge in [0.15, 0.2) is 5.13 Å². The van der Waals surface area contributed by atoms with E-state index in [2.05, 4.69) is 26.7 Å². The SMILES string of the molecule is COc1ccc(C(=O)Nc2nc3c(s2)CCCC3C(=O)NCCc2c[nH]c3ccccc23)cc1. The fourth-order valence-electron chi connectivity index (χ4n) is 4.42. The van der Waals surface area contributed by atoms with Crippen LogP contribution in [0, 0.1) is 0 Å². The van der Waals surface area contributed by atoms with E-state index in [4.69, 9.17) is 4.74 Å². The Morgan fingerprint density at radius 3 is 2.82 bits per heavy atom. The Morgan fingerprint density at radius 1 is 1.18 bits per heavy atom. The molecule has 0 fully saturated rings. The van der Waals surface area contributed by atoms with Crippen LogP contribution in [-0.2, 0) is 17.6 Å². The van der Waals surface area contributed by atoms with E-state index in [1.54, 1.807) is 31.4 Å². The molecular weight excluding hydrogens is 448 g/mol. The number of methoxy groups -OCH3 is 1. The predicted molar refractivity (Wildman–Crippen MR) is 134 cm³/mol. The molecule has 0 radical (unpaired) electrons. The molecule has 0 saturated heterocycles. The Kier molecular flexibility index (Phi) is 6.31. The van der Waals surface area contributed by atoms with E-state index >= 15 is 0 Å². The smallest absolute Gasteiger partial charge is 0.257 e. The van der Waals surface area contributed by atoms with Crippen LogP contribution in [0.1, 0.15) is 45.3 Å². The number of amides is 2. The van der Waals surface area contributed by atoms with Crippen LogP contribution in [0.4, 0.5) is 5.13 Å². The van der Waals surface area contributed by atoms with Gasteiger partial charge in [0.2, 0.25) is 5.91 Å². The number of anilines is 1. The maximum atomic E-state index is 13.0. The molecule has 5 rings (SSSR count). The second kappa shape index (κ2) is 9.69. The van der Waals surface area contributed by atoms with Crippen molar-refractivity contribution in [2.75, 3.05) is 19.0 Å². The molecule has 0 spiro atoms. The molecular formula is C26H26N4O3S. The Bertz CT molecular complexity index is 1330. The van der Waals surface area contributed by atoms with Crippen LogP contribution in [0.3, 0.4) is 0 Å². The Morgan fingerprint density at radius 2 is 2.00 bits per heavy atom. The summed E-state index contributed by atoms with van der Waals surface area (Å²) in [5.74, 6) is 0.182. The highest BCUT2D eigenvalue weighted by Gasteiger charge is 2.30. The number of para-hydroxylation sites is 1. The number of aryl methyl sites for hydroxylation is 1. The van der Waals surface area contributed by atoms with Gasteiger partial charge in [-0.2, -0.15) is 0 Å². The summed E-state index contributed by atoms with van der Waals surface area (Å²) < 4.78 is 5.14. The fourth-order valence-corrected chi connectivity index (χ4v) is 5.48. The van der Waals surface area contributed by atoms with Crippen molar-refractivity contribution < 1.29 is 14.3 Å². The number of thiazole rings is 1. The fraction of sp³-hybridized carbons (Fsp3) is 0.269. The van der Waals surface area contributed by atoms with Gasteiger partial charge in [-0.15, -0.1) is 11.3 Å². The summed E-state index contributed by atoms with van der Waals surface area (Å²) in [7, 11) is 1.59. The van der Waals surface area contributed by atoms with Crippen LogP contribution in [-0.4, -0.2) is 35.4 Å². The number of fused-ring (bicyclic) bond motifs is 2. The van der Waals surface area contributed by atoms with Crippen LogP contribution in [0.15, 0.2) is 54.7 Å². The van der Waals surface area contributed by atoms with Gasteiger partial charge in [-0.25, -0.2) is 4.98 Å². The maximum absolute atomic E-state index is 13.0. The molecule has 0 saturated carbocycles. The van der Waals surface area contributed by atoms with E-state index in [-0.39, 0.29) is 17.7 Å². The zero-order valence-electron chi connectivity index (χ0n) is 18.9. The van der Waals surface area contributed by atoms with Crippen molar-refractivity contribution in [3.05, 3.63) is 76.4 Å². The quantitative estimate of drug-likeness (QED) is 0.363. The number of benzene rings is 2. The van der Waals surface area contributed by atoms with E-state index in [9.17, 15) is 9.59 Å². The van der Waals surface area contributed by atoms with Gasteiger partial charge in [0, 0.05) is 34.1 Å². The highest BCUT2D eigenvalue weighted by atomic mass is 32.1. The number of rotatable bonds is 7. The summed E-state index contributed by atoms with van der Waals surface area (Å²) in [4.78, 5) is 34.6. The maximum Gasteiger partial charge on any atom is 0.257 e. The molecule has 1 unspecified atom stereocenters. The number of carbonyl (C=O) groups is 2. The molecule has 1 atom stereocenters. The lowest BCUT2D eigenvalue weighted by atomic mass is 9.90. The zero-order valence-corrected chi connectivity index (χ0v) is 19.7. The van der Waals surface area contributed by atoms with Crippen molar-refractivity contribution in [2.45, 2.75) is 31.6 Å². The van der Waals surface area contributed by atoms with Crippen LogP contribution in [0.25, 0.3) is 10.9 Å². The average molecular weight is 475 g/mol. The molecule has 7 nitrogen and oxygen atoms in total. The van der Waals surface area contributed by atoms with E-state index in [0.717, 1.165) is 41.8 Å². The Balaban J connectivity index is 1.22. The molecule has 0 bridgehead atoms. The van der Waals surface area contributed by atoms with Gasteiger partial charge < -0.3 is 15.0 Å². The normalized spacial score (nSPS) is 15.0. The zero-order chi connectivity index (χ0) is 23.5. The summed E-state index contributed by atoms with van der Waals surface area (Å²) in [6.07, 6.45) is 5.34. The summed E-state index contributed by atoms with van der Waals surface area (Å²) >= 11 is 1.46. The van der Waals surface area contributed by atoms with Gasteiger partial charge in [0.05, 0.1) is 18.7 Å². The molecule has 174 valence electrons. The lowest BCUT2D eigenvalue weighted by molar-refractivity contribution is -0.122. The topological polar surface area (TPSA) is 96.1 Å². The molecule has 2 aromatic heterocycles.